The molecule has 0 saturated heterocycles. The average molecular weight is 337 g/mol. The van der Waals surface area contributed by atoms with E-state index in [1.165, 1.54) is 15.0 Å². The van der Waals surface area contributed by atoms with Crippen LogP contribution in [0.25, 0.3) is 0 Å². The van der Waals surface area contributed by atoms with Crippen molar-refractivity contribution in [2.75, 3.05) is 13.7 Å². The fourth-order valence-corrected chi connectivity index (χ4v) is 2.43. The molecule has 0 saturated carbocycles. The molecule has 0 bridgehead atoms. The molecule has 0 atom stereocenters. The van der Waals surface area contributed by atoms with Gasteiger partial charge in [-0.25, -0.2) is 0 Å². The monoisotopic (exact) mass is 335 g/mol. The van der Waals surface area contributed by atoms with Gasteiger partial charge in [-0.15, -0.1) is 37.2 Å². The summed E-state index contributed by atoms with van der Waals surface area (Å²) in [5.41, 5.74) is 3.33. The van der Waals surface area contributed by atoms with E-state index in [2.05, 4.69) is 47.3 Å². The van der Waals surface area contributed by atoms with Gasteiger partial charge in [0, 0.05) is 0 Å². The van der Waals surface area contributed by atoms with Gasteiger partial charge in [0.05, 0.1) is 0 Å². The van der Waals surface area contributed by atoms with Crippen molar-refractivity contribution in [3.63, 3.8) is 0 Å². The summed E-state index contributed by atoms with van der Waals surface area (Å²) in [6.45, 7) is 7.68. The van der Waals surface area contributed by atoms with Crippen LogP contribution in [0, 0.1) is 5.41 Å². The van der Waals surface area contributed by atoms with E-state index in [-0.39, 0.29) is 42.6 Å². The molecular weight excluding hydrogens is 314 g/mol. The maximum Gasteiger partial charge on any atom is -0.147 e. The van der Waals surface area contributed by atoms with Crippen LogP contribution >= 0.6 is 37.2 Å². The Morgan fingerprint density at radius 1 is 1.24 bits per heavy atom. The van der Waals surface area contributed by atoms with E-state index >= 15 is 0 Å². The molecule has 1 aliphatic rings. The summed E-state index contributed by atoms with van der Waals surface area (Å²) in [6, 6.07) is 0. The molecule has 0 aromatic heterocycles. The quantitative estimate of drug-likeness (QED) is 0.691. The second-order valence-corrected chi connectivity index (χ2v) is 5.71. The van der Waals surface area contributed by atoms with E-state index in [4.69, 9.17) is 4.74 Å². The van der Waals surface area contributed by atoms with Crippen molar-refractivity contribution < 1.29 is 25.2 Å². The second kappa shape index (κ2) is 9.89. The van der Waals surface area contributed by atoms with Gasteiger partial charge in [0.25, 0.3) is 0 Å². The van der Waals surface area contributed by atoms with Crippen molar-refractivity contribution in [1.29, 1.82) is 0 Å². The fraction of sp³-hybridized carbons (Fsp3) is 0.667. The molecule has 0 fully saturated rings. The van der Waals surface area contributed by atoms with Gasteiger partial charge in [-0.2, -0.15) is 0 Å². The minimum Gasteiger partial charge on any atom is -0.147 e. The van der Waals surface area contributed by atoms with Crippen LogP contribution in [0.15, 0.2) is 21.1 Å². The van der Waals surface area contributed by atoms with Crippen LogP contribution in [-0.4, -0.2) is 13.7 Å². The summed E-state index contributed by atoms with van der Waals surface area (Å²) in [5.74, 6) is 0. The van der Waals surface area contributed by atoms with Gasteiger partial charge < -0.3 is 0 Å². The van der Waals surface area contributed by atoms with Crippen molar-refractivity contribution in [3.05, 3.63) is 21.1 Å². The SMILES string of the molecule is COCCC1=[C]([Ti])CC=C1C(C)(C)C.Cl.Cl.Cl. The minimum absolute atomic E-state index is 0. The summed E-state index contributed by atoms with van der Waals surface area (Å²) < 4.78 is 6.67. The molecule has 101 valence electrons. The molecule has 17 heavy (non-hydrogen) atoms. The van der Waals surface area contributed by atoms with E-state index < -0.39 is 0 Å². The summed E-state index contributed by atoms with van der Waals surface area (Å²) >= 11 is 2.24. The van der Waals surface area contributed by atoms with Crippen LogP contribution in [0.3, 0.4) is 0 Å². The Hall–Kier alpha value is 1.02. The molecule has 1 aliphatic carbocycles. The zero-order valence-corrected chi connectivity index (χ0v) is 14.8. The molecule has 0 amide bonds. The molecule has 1 nitrogen and oxygen atoms in total. The first-order valence-electron chi connectivity index (χ1n) is 5.10. The minimum atomic E-state index is 0. The predicted octanol–water partition coefficient (Wildman–Crippen LogP) is 4.47. The van der Waals surface area contributed by atoms with Crippen molar-refractivity contribution in [3.8, 4) is 0 Å². The normalized spacial score (nSPS) is 14.4. The van der Waals surface area contributed by atoms with E-state index in [0.29, 0.717) is 0 Å². The summed E-state index contributed by atoms with van der Waals surface area (Å²) in [6.07, 6.45) is 4.57. The fourth-order valence-electron chi connectivity index (χ4n) is 1.86. The van der Waals surface area contributed by atoms with E-state index in [9.17, 15) is 0 Å². The van der Waals surface area contributed by atoms with Crippen LogP contribution in [0.2, 0.25) is 0 Å². The Labute approximate surface area is 135 Å². The van der Waals surface area contributed by atoms with Gasteiger partial charge in [0.2, 0.25) is 0 Å². The standard InChI is InChI=1S/C12H19O.3ClH.Ti/c1-12(2,3)11-7-5-6-10(11)8-9-13-4;;;;/h7H,5,8-9H2,1-4H3;3*1H;. The number of rotatable bonds is 3. The number of hydrogen-bond donors (Lipinski definition) is 0. The molecule has 0 unspecified atom stereocenters. The van der Waals surface area contributed by atoms with E-state index in [0.717, 1.165) is 19.4 Å². The summed E-state index contributed by atoms with van der Waals surface area (Å²) in [5, 5.41) is 0. The molecule has 0 aromatic carbocycles. The zero-order chi connectivity index (χ0) is 10.8. The number of ether oxygens (including phenoxy) is 1. The number of methoxy groups -OCH3 is 1. The average Bonchev–Trinajstić information content (AvgIpc) is 2.42. The third kappa shape index (κ3) is 6.66. The third-order valence-electron chi connectivity index (χ3n) is 2.56. The zero-order valence-electron chi connectivity index (χ0n) is 10.8. The van der Waals surface area contributed by atoms with Crippen LogP contribution in [0.1, 0.15) is 33.6 Å². The van der Waals surface area contributed by atoms with Gasteiger partial charge in [0.1, 0.15) is 0 Å². The Bertz CT molecular complexity index is 280. The Kier molecular flexibility index (Phi) is 13.5. The topological polar surface area (TPSA) is 9.23 Å². The van der Waals surface area contributed by atoms with Crippen molar-refractivity contribution in [2.45, 2.75) is 33.6 Å². The molecular formula is C12H22Cl3OTi. The van der Waals surface area contributed by atoms with Crippen LogP contribution in [0.5, 0.6) is 0 Å². The van der Waals surface area contributed by atoms with Gasteiger partial charge >= 0.3 is 99.0 Å². The Morgan fingerprint density at radius 2 is 1.76 bits per heavy atom. The van der Waals surface area contributed by atoms with E-state index in [1.54, 1.807) is 7.11 Å². The van der Waals surface area contributed by atoms with Crippen molar-refractivity contribution in [2.24, 2.45) is 5.41 Å². The Balaban J connectivity index is -0.000000653. The first kappa shape index (κ1) is 23.1. The van der Waals surface area contributed by atoms with Crippen molar-refractivity contribution in [1.82, 2.24) is 0 Å². The predicted molar refractivity (Wildman–Crippen MR) is 77.4 cm³/mol. The first-order chi connectivity index (χ1) is 6.46. The number of hydrogen-bond acceptors (Lipinski definition) is 1. The number of allylic oxidation sites excluding steroid dienone is 3. The number of halogens is 3. The van der Waals surface area contributed by atoms with Crippen LogP contribution < -0.4 is 0 Å². The molecule has 0 heterocycles. The molecule has 0 aliphatic heterocycles. The molecule has 0 aromatic rings. The summed E-state index contributed by atoms with van der Waals surface area (Å²) in [4.78, 5) is 0. The largest absolute Gasteiger partial charge is 0.147 e. The van der Waals surface area contributed by atoms with Crippen LogP contribution in [0.4, 0.5) is 0 Å². The van der Waals surface area contributed by atoms with Crippen molar-refractivity contribution >= 4 is 37.2 Å². The van der Waals surface area contributed by atoms with Gasteiger partial charge in [-0.1, -0.05) is 0 Å². The second-order valence-electron chi connectivity index (χ2n) is 4.77. The van der Waals surface area contributed by atoms with Gasteiger partial charge in [-0.05, 0) is 0 Å². The smallest absolute Gasteiger partial charge is 0.147 e. The molecule has 0 radical (unpaired) electrons. The molecule has 1 rings (SSSR count). The maximum absolute atomic E-state index is 5.15. The molecule has 0 spiro atoms. The molecule has 5 heteroatoms. The van der Waals surface area contributed by atoms with E-state index in [1.807, 2.05) is 0 Å². The Morgan fingerprint density at radius 3 is 2.18 bits per heavy atom. The van der Waals surface area contributed by atoms with Gasteiger partial charge in [0.15, 0.2) is 0 Å². The third-order valence-corrected chi connectivity index (χ3v) is 3.35. The van der Waals surface area contributed by atoms with Crippen LogP contribution in [-0.2, 0) is 25.2 Å². The maximum atomic E-state index is 5.15. The van der Waals surface area contributed by atoms with Gasteiger partial charge in [-0.3, -0.25) is 0 Å². The summed E-state index contributed by atoms with van der Waals surface area (Å²) in [7, 11) is 1.77. The molecule has 0 N–H and O–H groups in total. The first-order valence-corrected chi connectivity index (χ1v) is 5.88.